The summed E-state index contributed by atoms with van der Waals surface area (Å²) in [5.74, 6) is -0.245. The Hall–Kier alpha value is -2.25. The van der Waals surface area contributed by atoms with Crippen molar-refractivity contribution in [3.05, 3.63) is 62.3 Å². The van der Waals surface area contributed by atoms with E-state index in [1.165, 1.54) is 23.5 Å². The van der Waals surface area contributed by atoms with Crippen molar-refractivity contribution in [2.45, 2.75) is 18.9 Å². The van der Waals surface area contributed by atoms with E-state index in [-0.39, 0.29) is 24.6 Å². The summed E-state index contributed by atoms with van der Waals surface area (Å²) in [6, 6.07) is 9.49. The van der Waals surface area contributed by atoms with Gasteiger partial charge in [0.2, 0.25) is 5.91 Å². The number of nitrogens with one attached hydrogen (secondary N) is 1. The zero-order valence-corrected chi connectivity index (χ0v) is 12.8. The molecule has 2 N–H and O–H groups in total. The highest BCUT2D eigenvalue weighted by Gasteiger charge is 2.24. The molecule has 0 saturated heterocycles. The first-order chi connectivity index (χ1) is 10.4. The van der Waals surface area contributed by atoms with Gasteiger partial charge in [-0.1, -0.05) is 18.2 Å². The maximum Gasteiger partial charge on any atom is 0.269 e. The van der Waals surface area contributed by atoms with E-state index < -0.39 is 10.5 Å². The number of aliphatic hydroxyl groups is 1. The smallest absolute Gasteiger partial charge is 0.269 e. The Kier molecular flexibility index (Phi) is 4.89. The fourth-order valence-corrected chi connectivity index (χ4v) is 2.71. The van der Waals surface area contributed by atoms with E-state index in [9.17, 15) is 20.0 Å². The Bertz CT molecular complexity index is 651. The topological polar surface area (TPSA) is 92.5 Å². The molecule has 1 amide bonds. The largest absolute Gasteiger partial charge is 0.383 e. The van der Waals surface area contributed by atoms with Crippen LogP contribution < -0.4 is 5.32 Å². The normalized spacial score (nSPS) is 13.4. The van der Waals surface area contributed by atoms with Crippen LogP contribution in [0.25, 0.3) is 0 Å². The Morgan fingerprint density at radius 2 is 2.05 bits per heavy atom. The summed E-state index contributed by atoms with van der Waals surface area (Å²) >= 11 is 1.42. The summed E-state index contributed by atoms with van der Waals surface area (Å²) in [6.07, 6.45) is 0.110. The van der Waals surface area contributed by atoms with Crippen LogP contribution in [0.1, 0.15) is 17.4 Å². The molecule has 22 heavy (non-hydrogen) atoms. The number of thiophene rings is 1. The van der Waals surface area contributed by atoms with Gasteiger partial charge in [-0.15, -0.1) is 11.3 Å². The van der Waals surface area contributed by atoms with Crippen molar-refractivity contribution in [3.63, 3.8) is 0 Å². The maximum absolute atomic E-state index is 11.9. The Morgan fingerprint density at radius 1 is 1.36 bits per heavy atom. The SMILES string of the molecule is C[C@](O)(CNC(=O)Cc1ccc([N+](=O)[O-])cc1)c1cccs1. The number of benzene rings is 1. The summed E-state index contributed by atoms with van der Waals surface area (Å²) in [7, 11) is 0. The van der Waals surface area contributed by atoms with Crippen LogP contribution in [0.15, 0.2) is 41.8 Å². The number of nitro groups is 1. The van der Waals surface area contributed by atoms with E-state index in [0.29, 0.717) is 5.56 Å². The van der Waals surface area contributed by atoms with Crippen molar-refractivity contribution >= 4 is 22.9 Å². The summed E-state index contributed by atoms with van der Waals surface area (Å²) < 4.78 is 0. The molecule has 7 heteroatoms. The molecule has 1 aromatic heterocycles. The molecule has 2 rings (SSSR count). The van der Waals surface area contributed by atoms with Crippen molar-refractivity contribution in [1.82, 2.24) is 5.32 Å². The molecule has 0 fully saturated rings. The van der Waals surface area contributed by atoms with Crippen molar-refractivity contribution in [3.8, 4) is 0 Å². The van der Waals surface area contributed by atoms with Crippen LogP contribution in [-0.4, -0.2) is 22.5 Å². The predicted molar refractivity (Wildman–Crippen MR) is 83.7 cm³/mol. The highest BCUT2D eigenvalue weighted by molar-refractivity contribution is 7.10. The first kappa shape index (κ1) is 16.1. The molecular formula is C15H16N2O4S. The predicted octanol–water partition coefficient (Wildman–Crippen LogP) is 2.22. The molecule has 0 unspecified atom stereocenters. The average molecular weight is 320 g/mol. The Morgan fingerprint density at radius 3 is 2.59 bits per heavy atom. The molecule has 1 aromatic carbocycles. The zero-order valence-electron chi connectivity index (χ0n) is 12.0. The lowest BCUT2D eigenvalue weighted by Gasteiger charge is -2.22. The van der Waals surface area contributed by atoms with Crippen LogP contribution in [0.2, 0.25) is 0 Å². The molecule has 0 aliphatic heterocycles. The number of amides is 1. The van der Waals surface area contributed by atoms with Gasteiger partial charge in [-0.3, -0.25) is 14.9 Å². The molecule has 0 aliphatic carbocycles. The summed E-state index contributed by atoms with van der Waals surface area (Å²) in [4.78, 5) is 22.8. The van der Waals surface area contributed by atoms with Gasteiger partial charge in [0.05, 0.1) is 17.9 Å². The lowest BCUT2D eigenvalue weighted by Crippen LogP contribution is -2.38. The van der Waals surface area contributed by atoms with Gasteiger partial charge in [0.15, 0.2) is 0 Å². The quantitative estimate of drug-likeness (QED) is 0.630. The van der Waals surface area contributed by atoms with Gasteiger partial charge >= 0.3 is 0 Å². The number of hydrogen-bond acceptors (Lipinski definition) is 5. The first-order valence-corrected chi connectivity index (χ1v) is 7.53. The summed E-state index contributed by atoms with van der Waals surface area (Å²) in [6.45, 7) is 1.75. The highest BCUT2D eigenvalue weighted by Crippen LogP contribution is 2.24. The Balaban J connectivity index is 1.89. The second-order valence-electron chi connectivity index (χ2n) is 5.13. The second-order valence-corrected chi connectivity index (χ2v) is 6.08. The lowest BCUT2D eigenvalue weighted by molar-refractivity contribution is -0.384. The van der Waals surface area contributed by atoms with Crippen molar-refractivity contribution < 1.29 is 14.8 Å². The van der Waals surface area contributed by atoms with Gasteiger partial charge in [-0.25, -0.2) is 0 Å². The summed E-state index contributed by atoms with van der Waals surface area (Å²) in [5, 5.41) is 25.4. The number of nitro benzene ring substituents is 1. The third-order valence-corrected chi connectivity index (χ3v) is 4.32. The number of rotatable bonds is 6. The van der Waals surface area contributed by atoms with Crippen LogP contribution >= 0.6 is 11.3 Å². The molecule has 1 heterocycles. The van der Waals surface area contributed by atoms with Crippen LogP contribution in [0.4, 0.5) is 5.69 Å². The third kappa shape index (κ3) is 4.12. The van der Waals surface area contributed by atoms with Crippen molar-refractivity contribution in [2.75, 3.05) is 6.54 Å². The lowest BCUT2D eigenvalue weighted by atomic mass is 10.0. The highest BCUT2D eigenvalue weighted by atomic mass is 32.1. The standard InChI is InChI=1S/C15H16N2O4S/c1-15(19,13-3-2-8-22-13)10-16-14(18)9-11-4-6-12(7-5-11)17(20)21/h2-8,19H,9-10H2,1H3,(H,16,18)/t15-/m0/s1. The van der Waals surface area contributed by atoms with E-state index in [1.54, 1.807) is 19.1 Å². The molecule has 0 saturated carbocycles. The summed E-state index contributed by atoms with van der Waals surface area (Å²) in [5.41, 5.74) is -0.442. The number of hydrogen-bond donors (Lipinski definition) is 2. The minimum absolute atomic E-state index is 0.00946. The number of non-ortho nitro benzene ring substituents is 1. The average Bonchev–Trinajstić information content (AvgIpc) is 3.01. The van der Waals surface area contributed by atoms with Crippen LogP contribution in [0, 0.1) is 10.1 Å². The molecule has 0 aliphatic rings. The number of nitrogens with zero attached hydrogens (tertiary/aromatic N) is 1. The molecule has 0 spiro atoms. The maximum atomic E-state index is 11.9. The Labute approximate surface area is 131 Å². The molecule has 2 aromatic rings. The molecule has 0 bridgehead atoms. The van der Waals surface area contributed by atoms with Gasteiger partial charge in [-0.2, -0.15) is 0 Å². The van der Waals surface area contributed by atoms with Crippen LogP contribution in [0.5, 0.6) is 0 Å². The van der Waals surface area contributed by atoms with Gasteiger partial charge in [-0.05, 0) is 23.9 Å². The fraction of sp³-hybridized carbons (Fsp3) is 0.267. The minimum Gasteiger partial charge on any atom is -0.383 e. The van der Waals surface area contributed by atoms with Gasteiger partial charge in [0, 0.05) is 17.0 Å². The zero-order chi connectivity index (χ0) is 16.2. The molecule has 116 valence electrons. The van der Waals surface area contributed by atoms with Gasteiger partial charge < -0.3 is 10.4 Å². The molecule has 1 atom stereocenters. The third-order valence-electron chi connectivity index (χ3n) is 3.19. The first-order valence-electron chi connectivity index (χ1n) is 6.65. The van der Waals surface area contributed by atoms with Gasteiger partial charge in [0.25, 0.3) is 5.69 Å². The molecule has 0 radical (unpaired) electrons. The number of carbonyl (C=O) groups is 1. The second kappa shape index (κ2) is 6.67. The van der Waals surface area contributed by atoms with Crippen LogP contribution in [-0.2, 0) is 16.8 Å². The monoisotopic (exact) mass is 320 g/mol. The minimum atomic E-state index is -1.11. The molecular weight excluding hydrogens is 304 g/mol. The van der Waals surface area contributed by atoms with E-state index >= 15 is 0 Å². The fourth-order valence-electron chi connectivity index (χ4n) is 1.93. The van der Waals surface area contributed by atoms with Crippen molar-refractivity contribution in [1.29, 1.82) is 0 Å². The molecule has 6 nitrogen and oxygen atoms in total. The van der Waals surface area contributed by atoms with E-state index in [1.807, 2.05) is 17.5 Å². The van der Waals surface area contributed by atoms with Crippen LogP contribution in [0.3, 0.4) is 0 Å². The van der Waals surface area contributed by atoms with E-state index in [4.69, 9.17) is 0 Å². The van der Waals surface area contributed by atoms with E-state index in [0.717, 1.165) is 4.88 Å². The van der Waals surface area contributed by atoms with Gasteiger partial charge in [0.1, 0.15) is 5.60 Å². The van der Waals surface area contributed by atoms with E-state index in [2.05, 4.69) is 5.32 Å². The van der Waals surface area contributed by atoms with Crippen molar-refractivity contribution in [2.24, 2.45) is 0 Å². The number of carbonyl (C=O) groups excluding carboxylic acids is 1.